The highest BCUT2D eigenvalue weighted by Crippen LogP contribution is 2.35. The zero-order valence-corrected chi connectivity index (χ0v) is 17.7. The average Bonchev–Trinajstić information content (AvgIpc) is 3.30. The maximum absolute atomic E-state index is 13.0. The third-order valence-electron chi connectivity index (χ3n) is 5.33. The number of urea groups is 1. The third-order valence-corrected chi connectivity index (χ3v) is 6.68. The number of aryl methyl sites for hydroxylation is 2. The molecule has 10 heteroatoms. The van der Waals surface area contributed by atoms with E-state index in [0.29, 0.717) is 24.7 Å². The van der Waals surface area contributed by atoms with Crippen LogP contribution in [0.3, 0.4) is 0 Å². The van der Waals surface area contributed by atoms with Crippen molar-refractivity contribution in [1.82, 2.24) is 14.8 Å². The molecule has 1 aliphatic heterocycles. The number of nitrogens with zero attached hydrogens (tertiary/aromatic N) is 4. The number of aromatic nitrogens is 3. The van der Waals surface area contributed by atoms with Crippen molar-refractivity contribution in [2.75, 3.05) is 11.9 Å². The van der Waals surface area contributed by atoms with Crippen molar-refractivity contribution in [3.63, 3.8) is 0 Å². The van der Waals surface area contributed by atoms with E-state index in [9.17, 15) is 9.00 Å². The molecule has 1 unspecified atom stereocenters. The van der Waals surface area contributed by atoms with Crippen LogP contribution in [0.1, 0.15) is 55.1 Å². The molecule has 2 aromatic rings. The summed E-state index contributed by atoms with van der Waals surface area (Å²) >= 11 is 0. The molecular formula is C19H26N6O3S. The fraction of sp³-hybridized carbons (Fsp3) is 0.526. The lowest BCUT2D eigenvalue weighted by molar-refractivity contribution is 0.224. The summed E-state index contributed by atoms with van der Waals surface area (Å²) in [7, 11) is -3.49. The number of carbonyl (C=O) groups excluding carboxylic acids is 1. The van der Waals surface area contributed by atoms with E-state index >= 15 is 0 Å². The minimum absolute atomic E-state index is 0.145. The lowest BCUT2D eigenvalue weighted by Gasteiger charge is -2.18. The summed E-state index contributed by atoms with van der Waals surface area (Å²) in [6.07, 6.45) is 4.91. The highest BCUT2D eigenvalue weighted by atomic mass is 32.2. The molecule has 3 N–H and O–H groups in total. The van der Waals surface area contributed by atoms with Crippen molar-refractivity contribution in [3.05, 3.63) is 28.7 Å². The zero-order chi connectivity index (χ0) is 20.8. The van der Waals surface area contributed by atoms with Crippen LogP contribution in [0.5, 0.6) is 5.88 Å². The number of ether oxygens (including phenoxy) is 1. The topological polar surface area (TPSA) is 124 Å². The summed E-state index contributed by atoms with van der Waals surface area (Å²) in [5.41, 5.74) is 4.63. The number of carbonyl (C=O) groups is 1. The van der Waals surface area contributed by atoms with Crippen LogP contribution in [0, 0.1) is 6.92 Å². The molecule has 29 heavy (non-hydrogen) atoms. The lowest BCUT2D eigenvalue weighted by Crippen LogP contribution is -2.21. The number of nitrogens with one attached hydrogen (secondary N) is 1. The Bertz CT molecular complexity index is 1100. The monoisotopic (exact) mass is 418 g/mol. The van der Waals surface area contributed by atoms with Gasteiger partial charge in [-0.15, -0.1) is 4.36 Å². The van der Waals surface area contributed by atoms with E-state index in [0.717, 1.165) is 48.2 Å². The van der Waals surface area contributed by atoms with E-state index < -0.39 is 15.9 Å². The van der Waals surface area contributed by atoms with Gasteiger partial charge in [0.15, 0.2) is 9.92 Å². The predicted octanol–water partition coefficient (Wildman–Crippen LogP) is 2.91. The smallest absolute Gasteiger partial charge is 0.354 e. The van der Waals surface area contributed by atoms with Crippen molar-refractivity contribution >= 4 is 21.6 Å². The molecule has 2 aliphatic rings. The number of hydrogen-bond acceptors (Lipinski definition) is 5. The van der Waals surface area contributed by atoms with Crippen molar-refractivity contribution < 1.29 is 13.7 Å². The Morgan fingerprint density at radius 2 is 2.17 bits per heavy atom. The first kappa shape index (κ1) is 19.8. The normalized spacial score (nSPS) is 17.3. The van der Waals surface area contributed by atoms with Crippen LogP contribution in [0.4, 0.5) is 10.5 Å². The second-order valence-corrected chi connectivity index (χ2v) is 9.52. The SMILES string of the molecule is Cc1c(C(C)C)nc2c(c1NC(=O)N=S(N)(=O)c1cnn3c1OCCC3)CCC2. The summed E-state index contributed by atoms with van der Waals surface area (Å²) in [6, 6.07) is -0.744. The van der Waals surface area contributed by atoms with Gasteiger partial charge in [0.1, 0.15) is 4.90 Å². The van der Waals surface area contributed by atoms with Crippen LogP contribution in [0.2, 0.25) is 0 Å². The molecular weight excluding hydrogens is 392 g/mol. The molecule has 0 radical (unpaired) electrons. The summed E-state index contributed by atoms with van der Waals surface area (Å²) in [5, 5.41) is 12.9. The molecule has 1 aliphatic carbocycles. The number of pyridine rings is 1. The minimum atomic E-state index is -3.49. The maximum Gasteiger partial charge on any atom is 0.354 e. The minimum Gasteiger partial charge on any atom is -0.477 e. The molecule has 3 heterocycles. The molecule has 0 saturated carbocycles. The lowest BCUT2D eigenvalue weighted by atomic mass is 9.99. The summed E-state index contributed by atoms with van der Waals surface area (Å²) in [5.74, 6) is 0.548. The second kappa shape index (κ2) is 7.42. The molecule has 0 saturated heterocycles. The van der Waals surface area contributed by atoms with Crippen molar-refractivity contribution in [1.29, 1.82) is 0 Å². The number of anilines is 1. The third kappa shape index (κ3) is 3.62. The van der Waals surface area contributed by atoms with E-state index in [1.54, 1.807) is 4.68 Å². The van der Waals surface area contributed by atoms with Gasteiger partial charge >= 0.3 is 6.03 Å². The summed E-state index contributed by atoms with van der Waals surface area (Å²) in [6.45, 7) is 7.22. The van der Waals surface area contributed by atoms with Crippen LogP contribution in [0.25, 0.3) is 0 Å². The molecule has 9 nitrogen and oxygen atoms in total. The van der Waals surface area contributed by atoms with Gasteiger partial charge in [-0.2, -0.15) is 5.10 Å². The first-order valence-electron chi connectivity index (χ1n) is 9.84. The highest BCUT2D eigenvalue weighted by Gasteiger charge is 2.26. The number of hydrogen-bond donors (Lipinski definition) is 2. The molecule has 0 fully saturated rings. The van der Waals surface area contributed by atoms with Crippen molar-refractivity contribution in [3.8, 4) is 5.88 Å². The Hall–Kier alpha value is -2.46. The Balaban J connectivity index is 1.68. The van der Waals surface area contributed by atoms with Gasteiger partial charge in [-0.3, -0.25) is 4.98 Å². The molecule has 4 rings (SSSR count). The standard InChI is InChI=1S/C19H26N6O3S/c1-11(2)16-12(3)17(13-6-4-7-14(13)22-16)23-19(26)24-29(20,27)15-10-21-25-8-5-9-28-18(15)25/h10-11H,4-9H2,1-3H3,(H3,20,22,23,24,26,27). The van der Waals surface area contributed by atoms with Crippen molar-refractivity contribution in [2.45, 2.75) is 63.8 Å². The average molecular weight is 419 g/mol. The molecule has 2 aromatic heterocycles. The first-order chi connectivity index (χ1) is 13.8. The Morgan fingerprint density at radius 1 is 1.38 bits per heavy atom. The maximum atomic E-state index is 13.0. The Labute approximate surface area is 170 Å². The van der Waals surface area contributed by atoms with Crippen LogP contribution in [-0.4, -0.2) is 31.6 Å². The largest absolute Gasteiger partial charge is 0.477 e. The van der Waals surface area contributed by atoms with Gasteiger partial charge in [0.25, 0.3) is 0 Å². The molecule has 2 amide bonds. The zero-order valence-electron chi connectivity index (χ0n) is 16.9. The van der Waals surface area contributed by atoms with E-state index in [1.165, 1.54) is 6.20 Å². The first-order valence-corrected chi connectivity index (χ1v) is 11.4. The van der Waals surface area contributed by atoms with Crippen LogP contribution < -0.4 is 15.2 Å². The molecule has 0 bridgehead atoms. The van der Waals surface area contributed by atoms with Gasteiger partial charge in [-0.25, -0.2) is 18.8 Å². The predicted molar refractivity (Wildman–Crippen MR) is 109 cm³/mol. The van der Waals surface area contributed by atoms with Gasteiger partial charge in [0, 0.05) is 24.4 Å². The quantitative estimate of drug-likeness (QED) is 0.793. The molecule has 0 spiro atoms. The van der Waals surface area contributed by atoms with E-state index in [1.807, 2.05) is 6.92 Å². The Kier molecular flexibility index (Phi) is 5.07. The van der Waals surface area contributed by atoms with Crippen LogP contribution >= 0.6 is 0 Å². The van der Waals surface area contributed by atoms with Crippen LogP contribution in [0.15, 0.2) is 15.5 Å². The highest BCUT2D eigenvalue weighted by molar-refractivity contribution is 7.91. The van der Waals surface area contributed by atoms with Gasteiger partial charge in [0.2, 0.25) is 5.88 Å². The summed E-state index contributed by atoms with van der Waals surface area (Å²) < 4.78 is 24.0. The number of amides is 2. The Morgan fingerprint density at radius 3 is 2.93 bits per heavy atom. The molecule has 1 atom stereocenters. The number of fused-ring (bicyclic) bond motifs is 2. The van der Waals surface area contributed by atoms with E-state index in [2.05, 4.69) is 28.6 Å². The van der Waals surface area contributed by atoms with Gasteiger partial charge in [-0.05, 0) is 43.2 Å². The van der Waals surface area contributed by atoms with E-state index in [4.69, 9.17) is 14.9 Å². The van der Waals surface area contributed by atoms with Crippen molar-refractivity contribution in [2.24, 2.45) is 9.50 Å². The fourth-order valence-corrected chi connectivity index (χ4v) is 4.99. The van der Waals surface area contributed by atoms with E-state index in [-0.39, 0.29) is 10.8 Å². The fourth-order valence-electron chi connectivity index (χ4n) is 3.98. The second-order valence-electron chi connectivity index (χ2n) is 7.76. The van der Waals surface area contributed by atoms with Gasteiger partial charge in [0.05, 0.1) is 18.5 Å². The summed E-state index contributed by atoms with van der Waals surface area (Å²) in [4.78, 5) is 17.6. The molecule has 156 valence electrons. The van der Waals surface area contributed by atoms with Gasteiger partial charge < -0.3 is 10.1 Å². The molecule has 0 aromatic carbocycles. The number of rotatable bonds is 3. The number of nitrogens with two attached hydrogens (primary N) is 1. The van der Waals surface area contributed by atoms with Crippen LogP contribution in [-0.2, 0) is 29.3 Å². The van der Waals surface area contributed by atoms with Gasteiger partial charge in [-0.1, -0.05) is 13.8 Å².